The molecule has 1 saturated heterocycles. The van der Waals surface area contributed by atoms with Crippen molar-refractivity contribution in [2.45, 2.75) is 19.1 Å². The van der Waals surface area contributed by atoms with Crippen molar-refractivity contribution in [3.63, 3.8) is 0 Å². The second kappa shape index (κ2) is 5.32. The van der Waals surface area contributed by atoms with Crippen LogP contribution in [0.15, 0.2) is 0 Å². The van der Waals surface area contributed by atoms with Crippen molar-refractivity contribution in [1.82, 2.24) is 0 Å². The summed E-state index contributed by atoms with van der Waals surface area (Å²) in [5.74, 6) is 0.0759. The normalized spacial score (nSPS) is 19.3. The summed E-state index contributed by atoms with van der Waals surface area (Å²) in [5.41, 5.74) is 0. The van der Waals surface area contributed by atoms with Crippen molar-refractivity contribution in [2.75, 3.05) is 27.4 Å². The number of ether oxygens (including phenoxy) is 3. The molecule has 0 bridgehead atoms. The number of hydrogen-bond donors (Lipinski definition) is 0. The molecular formula is C9H16O4. The van der Waals surface area contributed by atoms with Gasteiger partial charge in [-0.3, -0.25) is 4.79 Å². The van der Waals surface area contributed by atoms with Gasteiger partial charge in [0.2, 0.25) is 6.29 Å². The van der Waals surface area contributed by atoms with Crippen LogP contribution in [0.1, 0.15) is 12.8 Å². The second-order valence-corrected chi connectivity index (χ2v) is 3.09. The summed E-state index contributed by atoms with van der Waals surface area (Å²) in [6.07, 6.45) is 0.854. The zero-order chi connectivity index (χ0) is 9.68. The number of ketones is 1. The van der Waals surface area contributed by atoms with E-state index in [2.05, 4.69) is 0 Å². The van der Waals surface area contributed by atoms with Crippen LogP contribution in [0.4, 0.5) is 0 Å². The van der Waals surface area contributed by atoms with Gasteiger partial charge in [-0.2, -0.15) is 0 Å². The summed E-state index contributed by atoms with van der Waals surface area (Å²) in [4.78, 5) is 11.7. The number of hydrogen-bond acceptors (Lipinski definition) is 4. The van der Waals surface area contributed by atoms with E-state index < -0.39 is 6.29 Å². The number of Topliss-reactive ketones (excluding diaryl/α,β-unsaturated/α-hetero) is 1. The van der Waals surface area contributed by atoms with Gasteiger partial charge < -0.3 is 14.2 Å². The van der Waals surface area contributed by atoms with Gasteiger partial charge in [0.1, 0.15) is 0 Å². The van der Waals surface area contributed by atoms with Crippen molar-refractivity contribution < 1.29 is 19.0 Å². The molecular weight excluding hydrogens is 172 g/mol. The quantitative estimate of drug-likeness (QED) is 0.606. The summed E-state index contributed by atoms with van der Waals surface area (Å²) in [5, 5.41) is 0. The van der Waals surface area contributed by atoms with Crippen LogP contribution in [0.5, 0.6) is 0 Å². The first-order chi connectivity index (χ1) is 6.29. The van der Waals surface area contributed by atoms with E-state index in [1.165, 1.54) is 14.2 Å². The van der Waals surface area contributed by atoms with Crippen molar-refractivity contribution in [2.24, 2.45) is 5.92 Å². The van der Waals surface area contributed by atoms with Gasteiger partial charge >= 0.3 is 0 Å². The summed E-state index contributed by atoms with van der Waals surface area (Å²) in [7, 11) is 2.96. The van der Waals surface area contributed by atoms with E-state index in [0.29, 0.717) is 13.2 Å². The van der Waals surface area contributed by atoms with Crippen LogP contribution in [0.25, 0.3) is 0 Å². The third-order valence-electron chi connectivity index (χ3n) is 2.28. The third-order valence-corrected chi connectivity index (χ3v) is 2.28. The van der Waals surface area contributed by atoms with E-state index in [9.17, 15) is 4.79 Å². The molecule has 76 valence electrons. The van der Waals surface area contributed by atoms with E-state index in [1.54, 1.807) is 0 Å². The lowest BCUT2D eigenvalue weighted by molar-refractivity contribution is -0.163. The highest BCUT2D eigenvalue weighted by molar-refractivity contribution is 5.84. The van der Waals surface area contributed by atoms with E-state index in [0.717, 1.165) is 12.8 Å². The van der Waals surface area contributed by atoms with Gasteiger partial charge in [0, 0.05) is 33.4 Å². The lowest BCUT2D eigenvalue weighted by Crippen LogP contribution is -2.34. The average molecular weight is 188 g/mol. The number of carbonyl (C=O) groups excluding carboxylic acids is 1. The maximum atomic E-state index is 11.7. The topological polar surface area (TPSA) is 44.8 Å². The lowest BCUT2D eigenvalue weighted by Gasteiger charge is -2.23. The van der Waals surface area contributed by atoms with Crippen molar-refractivity contribution in [3.05, 3.63) is 0 Å². The molecule has 4 nitrogen and oxygen atoms in total. The minimum Gasteiger partial charge on any atom is -0.381 e. The fourth-order valence-electron chi connectivity index (χ4n) is 1.50. The average Bonchev–Trinajstić information content (AvgIpc) is 2.21. The molecule has 13 heavy (non-hydrogen) atoms. The molecule has 0 aromatic heterocycles. The molecule has 0 N–H and O–H groups in total. The Kier molecular flexibility index (Phi) is 4.35. The zero-order valence-electron chi connectivity index (χ0n) is 8.12. The van der Waals surface area contributed by atoms with Crippen LogP contribution in [0.2, 0.25) is 0 Å². The van der Waals surface area contributed by atoms with E-state index >= 15 is 0 Å². The molecule has 1 aliphatic heterocycles. The van der Waals surface area contributed by atoms with Gasteiger partial charge in [0.05, 0.1) is 0 Å². The minimum atomic E-state index is -0.705. The van der Waals surface area contributed by atoms with Crippen LogP contribution in [0, 0.1) is 5.92 Å². The molecule has 0 unspecified atom stereocenters. The Morgan fingerprint density at radius 2 is 1.85 bits per heavy atom. The highest BCUT2D eigenvalue weighted by Gasteiger charge is 2.28. The zero-order valence-corrected chi connectivity index (χ0v) is 8.12. The highest BCUT2D eigenvalue weighted by atomic mass is 16.7. The number of methoxy groups -OCH3 is 2. The molecule has 0 aliphatic carbocycles. The molecule has 0 spiro atoms. The fourth-order valence-corrected chi connectivity index (χ4v) is 1.50. The smallest absolute Gasteiger partial charge is 0.217 e. The third kappa shape index (κ3) is 2.76. The van der Waals surface area contributed by atoms with E-state index in [1.807, 2.05) is 0 Å². The molecule has 4 heteroatoms. The van der Waals surface area contributed by atoms with Crippen molar-refractivity contribution in [3.8, 4) is 0 Å². The van der Waals surface area contributed by atoms with Crippen LogP contribution in [-0.2, 0) is 19.0 Å². The van der Waals surface area contributed by atoms with Crippen LogP contribution in [0.3, 0.4) is 0 Å². The van der Waals surface area contributed by atoms with E-state index in [-0.39, 0.29) is 11.7 Å². The van der Waals surface area contributed by atoms with Gasteiger partial charge in [-0.15, -0.1) is 0 Å². The molecule has 1 rings (SSSR count). The summed E-state index contributed by atoms with van der Waals surface area (Å²) in [6, 6.07) is 0. The summed E-state index contributed by atoms with van der Waals surface area (Å²) in [6.45, 7) is 1.33. The van der Waals surface area contributed by atoms with Gasteiger partial charge in [-0.1, -0.05) is 0 Å². The standard InChI is InChI=1S/C9H16O4/c1-11-9(12-2)8(10)7-3-5-13-6-4-7/h7,9H,3-6H2,1-2H3. The summed E-state index contributed by atoms with van der Waals surface area (Å²) >= 11 is 0. The molecule has 1 fully saturated rings. The van der Waals surface area contributed by atoms with Gasteiger partial charge in [0.25, 0.3) is 0 Å². The molecule has 0 saturated carbocycles. The van der Waals surface area contributed by atoms with Crippen LogP contribution >= 0.6 is 0 Å². The first-order valence-corrected chi connectivity index (χ1v) is 4.46. The first-order valence-electron chi connectivity index (χ1n) is 4.46. The molecule has 0 amide bonds. The molecule has 0 atom stereocenters. The van der Waals surface area contributed by atoms with E-state index in [4.69, 9.17) is 14.2 Å². The molecule has 0 aromatic carbocycles. The van der Waals surface area contributed by atoms with Crippen molar-refractivity contribution >= 4 is 5.78 Å². The predicted octanol–water partition coefficient (Wildman–Crippen LogP) is 0.601. The lowest BCUT2D eigenvalue weighted by atomic mass is 9.95. The van der Waals surface area contributed by atoms with Crippen LogP contribution in [-0.4, -0.2) is 39.5 Å². The summed E-state index contributed by atoms with van der Waals surface area (Å²) < 4.78 is 15.0. The Balaban J connectivity index is 2.44. The van der Waals surface area contributed by atoms with Gasteiger partial charge in [-0.05, 0) is 12.8 Å². The SMILES string of the molecule is COC(OC)C(=O)C1CCOCC1. The highest BCUT2D eigenvalue weighted by Crippen LogP contribution is 2.18. The first kappa shape index (κ1) is 10.6. The molecule has 1 heterocycles. The maximum absolute atomic E-state index is 11.7. The minimum absolute atomic E-state index is 0.0355. The monoisotopic (exact) mass is 188 g/mol. The predicted molar refractivity (Wildman–Crippen MR) is 46.4 cm³/mol. The molecule has 0 aromatic rings. The Hall–Kier alpha value is -0.450. The fraction of sp³-hybridized carbons (Fsp3) is 0.889. The Morgan fingerprint density at radius 1 is 1.31 bits per heavy atom. The Labute approximate surface area is 78.2 Å². The Bertz CT molecular complexity index is 159. The van der Waals surface area contributed by atoms with Gasteiger partial charge in [0.15, 0.2) is 5.78 Å². The second-order valence-electron chi connectivity index (χ2n) is 3.09. The van der Waals surface area contributed by atoms with Gasteiger partial charge in [-0.25, -0.2) is 0 Å². The van der Waals surface area contributed by atoms with Crippen LogP contribution < -0.4 is 0 Å². The molecule has 0 radical (unpaired) electrons. The maximum Gasteiger partial charge on any atom is 0.217 e. The Morgan fingerprint density at radius 3 is 2.31 bits per heavy atom. The van der Waals surface area contributed by atoms with Crippen molar-refractivity contribution in [1.29, 1.82) is 0 Å². The molecule has 1 aliphatic rings. The number of carbonyl (C=O) groups is 1. The largest absolute Gasteiger partial charge is 0.381 e. The number of rotatable bonds is 4.